The lowest BCUT2D eigenvalue weighted by atomic mass is 9.70. The van der Waals surface area contributed by atoms with Crippen LogP contribution in [-0.4, -0.2) is 56.0 Å². The van der Waals surface area contributed by atoms with Crippen molar-refractivity contribution in [3.63, 3.8) is 0 Å². The summed E-state index contributed by atoms with van der Waals surface area (Å²) in [6, 6.07) is 0. The van der Waals surface area contributed by atoms with Gasteiger partial charge < -0.3 is 25.5 Å². The lowest BCUT2D eigenvalue weighted by Crippen LogP contribution is -2.54. The van der Waals surface area contributed by atoms with E-state index in [2.05, 4.69) is 6.92 Å². The Kier molecular flexibility index (Phi) is 4.80. The van der Waals surface area contributed by atoms with Crippen molar-refractivity contribution in [3.05, 3.63) is 6.92 Å². The molecule has 101 valence electrons. The molecule has 0 aromatic rings. The van der Waals surface area contributed by atoms with Crippen LogP contribution in [0.5, 0.6) is 0 Å². The molecule has 0 aliphatic heterocycles. The van der Waals surface area contributed by atoms with Crippen LogP contribution in [-0.2, 0) is 19.2 Å². The molecule has 18 heavy (non-hydrogen) atoms. The molecule has 0 aliphatic rings. The maximum atomic E-state index is 10.9. The number of hydrogen-bond acceptors (Lipinski definition) is 5. The van der Waals surface area contributed by atoms with E-state index in [-0.39, 0.29) is 0 Å². The molecular formula is C9H11O9. The Morgan fingerprint density at radius 1 is 0.944 bits per heavy atom. The van der Waals surface area contributed by atoms with Gasteiger partial charge in [0.15, 0.2) is 0 Å². The number of aliphatic hydroxyl groups is 1. The fourth-order valence-electron chi connectivity index (χ4n) is 1.46. The van der Waals surface area contributed by atoms with Crippen LogP contribution in [0.15, 0.2) is 0 Å². The van der Waals surface area contributed by atoms with Crippen LogP contribution in [0.2, 0.25) is 0 Å². The second-order valence-corrected chi connectivity index (χ2v) is 3.50. The smallest absolute Gasteiger partial charge is 0.324 e. The maximum absolute atomic E-state index is 10.9. The van der Waals surface area contributed by atoms with Crippen molar-refractivity contribution in [1.82, 2.24) is 0 Å². The van der Waals surface area contributed by atoms with E-state index < -0.39 is 47.7 Å². The summed E-state index contributed by atoms with van der Waals surface area (Å²) in [5.41, 5.74) is -3.17. The van der Waals surface area contributed by atoms with Gasteiger partial charge in [0.05, 0.1) is 18.4 Å². The normalized spacial score (nSPS) is 14.6. The van der Waals surface area contributed by atoms with Gasteiger partial charge in [-0.05, 0) is 6.92 Å². The lowest BCUT2D eigenvalue weighted by Gasteiger charge is -2.30. The first-order chi connectivity index (χ1) is 8.12. The van der Waals surface area contributed by atoms with E-state index in [1.165, 1.54) is 0 Å². The molecule has 0 bridgehead atoms. The van der Waals surface area contributed by atoms with Gasteiger partial charge in [0.2, 0.25) is 5.41 Å². The molecule has 0 aromatic heterocycles. The summed E-state index contributed by atoms with van der Waals surface area (Å²) in [6.07, 6.45) is 0. The Balaban J connectivity index is 5.95. The SMILES string of the molecule is [CH2]C(C(=O)O)C(C(=O)O)C(CO)(C(=O)O)C(=O)O. The van der Waals surface area contributed by atoms with E-state index >= 15 is 0 Å². The zero-order chi connectivity index (χ0) is 14.7. The van der Waals surface area contributed by atoms with Gasteiger partial charge >= 0.3 is 23.9 Å². The summed E-state index contributed by atoms with van der Waals surface area (Å²) in [5.74, 6) is -12.6. The summed E-state index contributed by atoms with van der Waals surface area (Å²) in [5, 5.41) is 44.0. The molecule has 0 aromatic carbocycles. The molecule has 5 N–H and O–H groups in total. The van der Waals surface area contributed by atoms with Crippen LogP contribution < -0.4 is 0 Å². The molecule has 0 saturated heterocycles. The maximum Gasteiger partial charge on any atom is 0.324 e. The van der Waals surface area contributed by atoms with Crippen molar-refractivity contribution < 1.29 is 44.7 Å². The standard InChI is InChI=1S/C9H11O9/c1-3(5(11)12)4(6(13)14)9(2-10,7(15)16)8(17)18/h3-4,10H,1-2H2,(H,11,12)(H,13,14)(H,15,16)(H,17,18). The molecule has 0 rings (SSSR count). The van der Waals surface area contributed by atoms with Crippen molar-refractivity contribution in [3.8, 4) is 0 Å². The Bertz CT molecular complexity index is 371. The van der Waals surface area contributed by atoms with Gasteiger partial charge in [-0.2, -0.15) is 0 Å². The number of carboxylic acids is 4. The van der Waals surface area contributed by atoms with Crippen molar-refractivity contribution in [1.29, 1.82) is 0 Å². The third-order valence-electron chi connectivity index (χ3n) is 2.53. The van der Waals surface area contributed by atoms with Crippen LogP contribution >= 0.6 is 0 Å². The molecule has 0 amide bonds. The minimum absolute atomic E-state index is 1.58. The van der Waals surface area contributed by atoms with Gasteiger partial charge in [0.1, 0.15) is 0 Å². The van der Waals surface area contributed by atoms with Crippen molar-refractivity contribution in [2.45, 2.75) is 0 Å². The molecule has 9 nitrogen and oxygen atoms in total. The molecule has 0 fully saturated rings. The van der Waals surface area contributed by atoms with Gasteiger partial charge in [0, 0.05) is 0 Å². The van der Waals surface area contributed by atoms with Crippen LogP contribution in [0, 0.1) is 24.2 Å². The fraction of sp³-hybridized carbons (Fsp3) is 0.444. The highest BCUT2D eigenvalue weighted by atomic mass is 16.4. The van der Waals surface area contributed by atoms with Crippen molar-refractivity contribution >= 4 is 23.9 Å². The van der Waals surface area contributed by atoms with Crippen molar-refractivity contribution in [2.24, 2.45) is 17.3 Å². The lowest BCUT2D eigenvalue weighted by molar-refractivity contribution is -0.183. The summed E-state index contributed by atoms with van der Waals surface area (Å²) >= 11 is 0. The zero-order valence-electron chi connectivity index (χ0n) is 8.94. The number of aliphatic carboxylic acids is 4. The molecule has 0 heterocycles. The number of hydrogen-bond donors (Lipinski definition) is 5. The molecule has 0 spiro atoms. The van der Waals surface area contributed by atoms with E-state index in [0.717, 1.165) is 0 Å². The monoisotopic (exact) mass is 263 g/mol. The Morgan fingerprint density at radius 2 is 1.33 bits per heavy atom. The second kappa shape index (κ2) is 5.45. The number of carboxylic acid groups (broad SMARTS) is 4. The molecule has 1 radical (unpaired) electrons. The van der Waals surface area contributed by atoms with Crippen LogP contribution in [0.1, 0.15) is 0 Å². The van der Waals surface area contributed by atoms with Crippen LogP contribution in [0.25, 0.3) is 0 Å². The van der Waals surface area contributed by atoms with E-state index in [9.17, 15) is 19.2 Å². The van der Waals surface area contributed by atoms with Gasteiger partial charge in [-0.25, -0.2) is 0 Å². The first kappa shape index (κ1) is 15.8. The first-order valence-corrected chi connectivity index (χ1v) is 4.49. The molecule has 9 heteroatoms. The third kappa shape index (κ3) is 2.40. The largest absolute Gasteiger partial charge is 0.481 e. The summed E-state index contributed by atoms with van der Waals surface area (Å²) in [4.78, 5) is 43.5. The minimum Gasteiger partial charge on any atom is -0.481 e. The average Bonchev–Trinajstić information content (AvgIpc) is 2.22. The molecule has 2 unspecified atom stereocenters. The van der Waals surface area contributed by atoms with E-state index in [1.807, 2.05) is 0 Å². The van der Waals surface area contributed by atoms with Gasteiger partial charge in [-0.15, -0.1) is 0 Å². The summed E-state index contributed by atoms with van der Waals surface area (Å²) < 4.78 is 0. The highest BCUT2D eigenvalue weighted by molar-refractivity contribution is 6.03. The predicted molar refractivity (Wildman–Crippen MR) is 52.4 cm³/mol. The molecule has 0 aliphatic carbocycles. The topological polar surface area (TPSA) is 169 Å². The number of rotatable bonds is 7. The first-order valence-electron chi connectivity index (χ1n) is 4.49. The van der Waals surface area contributed by atoms with Crippen LogP contribution in [0.3, 0.4) is 0 Å². The highest BCUT2D eigenvalue weighted by Gasteiger charge is 2.59. The minimum atomic E-state index is -3.17. The van der Waals surface area contributed by atoms with E-state index in [1.54, 1.807) is 0 Å². The predicted octanol–water partition coefficient (Wildman–Crippen LogP) is -1.63. The van der Waals surface area contributed by atoms with Crippen molar-refractivity contribution in [2.75, 3.05) is 6.61 Å². The number of aliphatic hydroxyl groups excluding tert-OH is 1. The quantitative estimate of drug-likeness (QED) is 0.338. The zero-order valence-corrected chi connectivity index (χ0v) is 8.94. The molecule has 0 saturated carbocycles. The van der Waals surface area contributed by atoms with Gasteiger partial charge in [-0.3, -0.25) is 19.2 Å². The summed E-state index contributed by atoms with van der Waals surface area (Å²) in [7, 11) is 0. The Hall–Kier alpha value is -2.16. The van der Waals surface area contributed by atoms with Crippen LogP contribution in [0.4, 0.5) is 0 Å². The average molecular weight is 263 g/mol. The highest BCUT2D eigenvalue weighted by Crippen LogP contribution is 2.34. The number of carbonyl (C=O) groups is 4. The molecule has 2 atom stereocenters. The van der Waals surface area contributed by atoms with E-state index in [0.29, 0.717) is 0 Å². The third-order valence-corrected chi connectivity index (χ3v) is 2.53. The van der Waals surface area contributed by atoms with E-state index in [4.69, 9.17) is 25.5 Å². The van der Waals surface area contributed by atoms with Gasteiger partial charge in [-0.1, -0.05) is 0 Å². The Labute approximate surface area is 100 Å². The molecular weight excluding hydrogens is 252 g/mol. The summed E-state index contributed by atoms with van der Waals surface area (Å²) in [6.45, 7) is 1.34. The van der Waals surface area contributed by atoms with Gasteiger partial charge in [0.25, 0.3) is 0 Å². The second-order valence-electron chi connectivity index (χ2n) is 3.50. The fourth-order valence-corrected chi connectivity index (χ4v) is 1.46. The Morgan fingerprint density at radius 3 is 1.50 bits per heavy atom.